The SMILES string of the molecule is CCOc1ccc(NC(=O)CNC(=O)c2ccc(OCc3ccccc3)c(OC)c2)cc1. The van der Waals surface area contributed by atoms with E-state index in [2.05, 4.69) is 10.6 Å². The van der Waals surface area contributed by atoms with Crippen molar-refractivity contribution in [3.05, 3.63) is 83.9 Å². The Morgan fingerprint density at radius 1 is 0.875 bits per heavy atom. The number of carbonyl (C=O) groups excluding carboxylic acids is 2. The summed E-state index contributed by atoms with van der Waals surface area (Å²) in [7, 11) is 1.51. The Kier molecular flexibility index (Phi) is 8.09. The van der Waals surface area contributed by atoms with Crippen LogP contribution in [0, 0.1) is 0 Å². The standard InChI is InChI=1S/C25H26N2O5/c1-3-31-21-12-10-20(11-13-21)27-24(28)16-26-25(29)19-9-14-22(23(15-19)30-2)32-17-18-7-5-4-6-8-18/h4-15H,3,16-17H2,1-2H3,(H,26,29)(H,27,28). The average Bonchev–Trinajstić information content (AvgIpc) is 2.83. The number of anilines is 1. The van der Waals surface area contributed by atoms with E-state index in [1.807, 2.05) is 37.3 Å². The second-order valence-electron chi connectivity index (χ2n) is 6.83. The van der Waals surface area contributed by atoms with Gasteiger partial charge in [0.2, 0.25) is 5.91 Å². The predicted molar refractivity (Wildman–Crippen MR) is 122 cm³/mol. The van der Waals surface area contributed by atoms with Crippen molar-refractivity contribution in [2.75, 3.05) is 25.6 Å². The van der Waals surface area contributed by atoms with E-state index < -0.39 is 0 Å². The first-order valence-electron chi connectivity index (χ1n) is 10.2. The van der Waals surface area contributed by atoms with Crippen LogP contribution in [0.1, 0.15) is 22.8 Å². The molecule has 0 aliphatic carbocycles. The van der Waals surface area contributed by atoms with E-state index in [1.165, 1.54) is 7.11 Å². The van der Waals surface area contributed by atoms with Crippen LogP contribution >= 0.6 is 0 Å². The summed E-state index contributed by atoms with van der Waals surface area (Å²) in [5.74, 6) is 0.967. The minimum Gasteiger partial charge on any atom is -0.494 e. The van der Waals surface area contributed by atoms with Crippen LogP contribution in [0.25, 0.3) is 0 Å². The molecule has 3 rings (SSSR count). The van der Waals surface area contributed by atoms with Crippen LogP contribution in [0.3, 0.4) is 0 Å². The van der Waals surface area contributed by atoms with Crippen LogP contribution in [0.5, 0.6) is 17.2 Å². The fourth-order valence-corrected chi connectivity index (χ4v) is 2.93. The minimum absolute atomic E-state index is 0.166. The van der Waals surface area contributed by atoms with Crippen LogP contribution in [0.2, 0.25) is 0 Å². The zero-order valence-electron chi connectivity index (χ0n) is 18.1. The summed E-state index contributed by atoms with van der Waals surface area (Å²) >= 11 is 0. The number of methoxy groups -OCH3 is 1. The molecule has 0 radical (unpaired) electrons. The lowest BCUT2D eigenvalue weighted by Gasteiger charge is -2.12. The second kappa shape index (κ2) is 11.4. The van der Waals surface area contributed by atoms with Gasteiger partial charge in [-0.3, -0.25) is 9.59 Å². The van der Waals surface area contributed by atoms with Gasteiger partial charge >= 0.3 is 0 Å². The van der Waals surface area contributed by atoms with Crippen molar-refractivity contribution in [1.29, 1.82) is 0 Å². The number of hydrogen-bond donors (Lipinski definition) is 2. The van der Waals surface area contributed by atoms with Crippen molar-refractivity contribution < 1.29 is 23.8 Å². The summed E-state index contributed by atoms with van der Waals surface area (Å²) in [6.07, 6.45) is 0. The largest absolute Gasteiger partial charge is 0.494 e. The molecule has 0 unspecified atom stereocenters. The van der Waals surface area contributed by atoms with Crippen molar-refractivity contribution in [3.8, 4) is 17.2 Å². The van der Waals surface area contributed by atoms with E-state index >= 15 is 0 Å². The third kappa shape index (κ3) is 6.50. The number of nitrogens with one attached hydrogen (secondary N) is 2. The van der Waals surface area contributed by atoms with Gasteiger partial charge in [0, 0.05) is 11.3 Å². The summed E-state index contributed by atoms with van der Waals surface area (Å²) in [6.45, 7) is 2.69. The summed E-state index contributed by atoms with van der Waals surface area (Å²) < 4.78 is 16.5. The number of amides is 2. The lowest BCUT2D eigenvalue weighted by molar-refractivity contribution is -0.115. The van der Waals surface area contributed by atoms with Crippen LogP contribution in [0.4, 0.5) is 5.69 Å². The molecule has 0 spiro atoms. The summed E-state index contributed by atoms with van der Waals surface area (Å²) in [6, 6.07) is 21.7. The Morgan fingerprint density at radius 2 is 1.62 bits per heavy atom. The normalized spacial score (nSPS) is 10.2. The van der Waals surface area contributed by atoms with Gasteiger partial charge in [0.1, 0.15) is 12.4 Å². The zero-order chi connectivity index (χ0) is 22.8. The van der Waals surface area contributed by atoms with E-state index in [1.54, 1.807) is 42.5 Å². The van der Waals surface area contributed by atoms with Gasteiger partial charge in [-0.25, -0.2) is 0 Å². The molecule has 166 valence electrons. The van der Waals surface area contributed by atoms with Crippen molar-refractivity contribution >= 4 is 17.5 Å². The molecular weight excluding hydrogens is 408 g/mol. The number of carbonyl (C=O) groups is 2. The van der Waals surface area contributed by atoms with Gasteiger partial charge in [0.05, 0.1) is 20.3 Å². The van der Waals surface area contributed by atoms with Crippen molar-refractivity contribution in [3.63, 3.8) is 0 Å². The minimum atomic E-state index is -0.389. The molecule has 0 saturated heterocycles. The second-order valence-corrected chi connectivity index (χ2v) is 6.83. The quantitative estimate of drug-likeness (QED) is 0.503. The monoisotopic (exact) mass is 434 g/mol. The van der Waals surface area contributed by atoms with Crippen LogP contribution in [-0.4, -0.2) is 32.1 Å². The first kappa shape index (κ1) is 22.7. The lowest BCUT2D eigenvalue weighted by atomic mass is 10.2. The molecule has 0 saturated carbocycles. The van der Waals surface area contributed by atoms with Gasteiger partial charge in [-0.15, -0.1) is 0 Å². The number of rotatable bonds is 10. The average molecular weight is 434 g/mol. The summed E-state index contributed by atoms with van der Waals surface area (Å²) in [5.41, 5.74) is 2.01. The molecule has 0 aliphatic rings. The van der Waals surface area contributed by atoms with Crippen LogP contribution in [-0.2, 0) is 11.4 Å². The van der Waals surface area contributed by atoms with Gasteiger partial charge < -0.3 is 24.8 Å². The molecule has 32 heavy (non-hydrogen) atoms. The molecule has 3 aromatic rings. The number of hydrogen-bond acceptors (Lipinski definition) is 5. The molecule has 7 nitrogen and oxygen atoms in total. The highest BCUT2D eigenvalue weighted by molar-refractivity contribution is 5.99. The van der Waals surface area contributed by atoms with Gasteiger partial charge in [-0.1, -0.05) is 30.3 Å². The summed E-state index contributed by atoms with van der Waals surface area (Å²) in [4.78, 5) is 24.6. The fourth-order valence-electron chi connectivity index (χ4n) is 2.93. The van der Waals surface area contributed by atoms with Crippen molar-refractivity contribution in [2.24, 2.45) is 0 Å². The van der Waals surface area contributed by atoms with E-state index in [-0.39, 0.29) is 18.4 Å². The van der Waals surface area contributed by atoms with Crippen molar-refractivity contribution in [2.45, 2.75) is 13.5 Å². The highest BCUT2D eigenvalue weighted by atomic mass is 16.5. The Labute approximate surface area is 187 Å². The Hall–Kier alpha value is -4.00. The predicted octanol–water partition coefficient (Wildman–Crippen LogP) is 4.04. The summed E-state index contributed by atoms with van der Waals surface area (Å²) in [5, 5.41) is 5.34. The van der Waals surface area contributed by atoms with E-state index in [4.69, 9.17) is 14.2 Å². The first-order valence-corrected chi connectivity index (χ1v) is 10.2. The molecular formula is C25H26N2O5. The molecule has 3 aromatic carbocycles. The molecule has 7 heteroatoms. The topological polar surface area (TPSA) is 85.9 Å². The number of ether oxygens (including phenoxy) is 3. The maximum absolute atomic E-state index is 12.5. The molecule has 0 heterocycles. The first-order chi connectivity index (χ1) is 15.6. The molecule has 2 amide bonds. The van der Waals surface area contributed by atoms with Gasteiger partial charge in [-0.05, 0) is 55.0 Å². The fraction of sp³-hybridized carbons (Fsp3) is 0.200. The van der Waals surface area contributed by atoms with E-state index in [9.17, 15) is 9.59 Å². The zero-order valence-corrected chi connectivity index (χ0v) is 18.1. The van der Waals surface area contributed by atoms with Gasteiger partial charge in [0.25, 0.3) is 5.91 Å². The highest BCUT2D eigenvalue weighted by Crippen LogP contribution is 2.29. The number of benzene rings is 3. The maximum Gasteiger partial charge on any atom is 0.251 e. The van der Waals surface area contributed by atoms with Crippen molar-refractivity contribution in [1.82, 2.24) is 5.32 Å². The van der Waals surface area contributed by atoms with Gasteiger partial charge in [0.15, 0.2) is 11.5 Å². The molecule has 0 atom stereocenters. The Bertz CT molecular complexity index is 1040. The highest BCUT2D eigenvalue weighted by Gasteiger charge is 2.13. The van der Waals surface area contributed by atoms with Crippen LogP contribution in [0.15, 0.2) is 72.8 Å². The maximum atomic E-state index is 12.5. The molecule has 0 fully saturated rings. The molecule has 0 bridgehead atoms. The lowest BCUT2D eigenvalue weighted by Crippen LogP contribution is -2.32. The molecule has 0 aliphatic heterocycles. The Morgan fingerprint density at radius 3 is 2.31 bits per heavy atom. The molecule has 2 N–H and O–H groups in total. The Balaban J connectivity index is 1.53. The van der Waals surface area contributed by atoms with E-state index in [0.29, 0.717) is 36.0 Å². The smallest absolute Gasteiger partial charge is 0.251 e. The van der Waals surface area contributed by atoms with Gasteiger partial charge in [-0.2, -0.15) is 0 Å². The third-order valence-electron chi connectivity index (χ3n) is 4.52. The van der Waals surface area contributed by atoms with E-state index in [0.717, 1.165) is 11.3 Å². The van der Waals surface area contributed by atoms with Crippen LogP contribution < -0.4 is 24.8 Å². The third-order valence-corrected chi connectivity index (χ3v) is 4.52. The molecule has 0 aromatic heterocycles.